The smallest absolute Gasteiger partial charge is 0.407 e. The van der Waals surface area contributed by atoms with Gasteiger partial charge in [0, 0.05) is 76.5 Å². The summed E-state index contributed by atoms with van der Waals surface area (Å²) in [5, 5.41) is 5.96. The Bertz CT molecular complexity index is 1690. The molecule has 12 heteroatoms. The fraction of sp³-hybridized carbons (Fsp3) is 0.441. The molecule has 5 heterocycles. The van der Waals surface area contributed by atoms with Crippen LogP contribution in [0.1, 0.15) is 53.6 Å². The summed E-state index contributed by atoms with van der Waals surface area (Å²) in [6.45, 7) is 4.45. The van der Waals surface area contributed by atoms with Gasteiger partial charge in [0.05, 0.1) is 5.52 Å². The summed E-state index contributed by atoms with van der Waals surface area (Å²) in [6, 6.07) is 15.5. The number of anilines is 1. The molecule has 1 aromatic heterocycles. The van der Waals surface area contributed by atoms with E-state index in [0.717, 1.165) is 80.0 Å². The second-order valence-electron chi connectivity index (χ2n) is 12.5. The highest BCUT2D eigenvalue weighted by Gasteiger charge is 2.39. The Morgan fingerprint density at radius 1 is 0.978 bits per heavy atom. The summed E-state index contributed by atoms with van der Waals surface area (Å²) in [5.74, 6) is 0.783. The highest BCUT2D eigenvalue weighted by Crippen LogP contribution is 2.31. The molecule has 12 nitrogen and oxygen atoms in total. The van der Waals surface area contributed by atoms with E-state index in [0.29, 0.717) is 18.5 Å². The van der Waals surface area contributed by atoms with Crippen LogP contribution >= 0.6 is 0 Å². The zero-order valence-corrected chi connectivity index (χ0v) is 25.9. The zero-order valence-electron chi connectivity index (χ0n) is 25.9. The Labute approximate surface area is 267 Å². The van der Waals surface area contributed by atoms with E-state index in [4.69, 9.17) is 14.5 Å². The van der Waals surface area contributed by atoms with E-state index < -0.39 is 11.9 Å². The van der Waals surface area contributed by atoms with Gasteiger partial charge in [0.15, 0.2) is 0 Å². The third kappa shape index (κ3) is 6.21. The van der Waals surface area contributed by atoms with Crippen molar-refractivity contribution < 1.29 is 28.7 Å². The average molecular weight is 627 g/mol. The van der Waals surface area contributed by atoms with E-state index in [2.05, 4.69) is 50.8 Å². The number of piperidine rings is 2. The van der Waals surface area contributed by atoms with Crippen molar-refractivity contribution in [3.8, 4) is 5.75 Å². The standard InChI is InChI=1S/C34H38N6O6/c1-35-34(44)46-24-11-14-39(15-12-24)30-8-3-22-16-21(2-6-28(22)36-30)18-38-13-10-26(20-38)45-25-4-5-27-23(17-25)19-40(33(27)43)29-7-9-31(41)37-32(29)42/h2-6,8,16-17,24,26,29H,7,9-15,18-20H2,1H3,(H,35,44)(H,37,41,42)/t26-,29?/m0/s1. The quantitative estimate of drug-likeness (QED) is 0.380. The third-order valence-electron chi connectivity index (χ3n) is 9.42. The van der Waals surface area contributed by atoms with Crippen LogP contribution in [0.25, 0.3) is 10.9 Å². The maximum atomic E-state index is 13.0. The number of fused-ring (bicyclic) bond motifs is 2. The predicted molar refractivity (Wildman–Crippen MR) is 169 cm³/mol. The number of nitrogens with one attached hydrogen (secondary N) is 2. The van der Waals surface area contributed by atoms with Crippen molar-refractivity contribution in [2.75, 3.05) is 38.1 Å². The van der Waals surface area contributed by atoms with Gasteiger partial charge in [0.1, 0.15) is 29.8 Å². The topological polar surface area (TPSA) is 133 Å². The molecule has 3 aromatic rings. The lowest BCUT2D eigenvalue weighted by Crippen LogP contribution is -2.52. The number of carbonyl (C=O) groups is 4. The number of aromatic nitrogens is 1. The Kier molecular flexibility index (Phi) is 8.20. The maximum absolute atomic E-state index is 13.0. The minimum atomic E-state index is -0.626. The molecule has 1 unspecified atom stereocenters. The molecule has 2 atom stereocenters. The van der Waals surface area contributed by atoms with Crippen molar-refractivity contribution in [2.24, 2.45) is 0 Å². The number of rotatable bonds is 7. The molecule has 4 amide bonds. The number of pyridine rings is 1. The van der Waals surface area contributed by atoms with Gasteiger partial charge in [-0.15, -0.1) is 0 Å². The van der Waals surface area contributed by atoms with Gasteiger partial charge in [-0.1, -0.05) is 6.07 Å². The van der Waals surface area contributed by atoms with Gasteiger partial charge >= 0.3 is 6.09 Å². The summed E-state index contributed by atoms with van der Waals surface area (Å²) < 4.78 is 11.8. The first-order valence-electron chi connectivity index (χ1n) is 16.0. The van der Waals surface area contributed by atoms with Crippen LogP contribution < -0.4 is 20.3 Å². The summed E-state index contributed by atoms with van der Waals surface area (Å²) in [4.78, 5) is 59.5. The summed E-state index contributed by atoms with van der Waals surface area (Å²) in [5.41, 5.74) is 3.60. The number of imide groups is 1. The number of benzene rings is 2. The largest absolute Gasteiger partial charge is 0.489 e. The average Bonchev–Trinajstić information content (AvgIpc) is 3.63. The molecule has 3 saturated heterocycles. The van der Waals surface area contributed by atoms with Crippen molar-refractivity contribution in [3.05, 3.63) is 65.2 Å². The molecule has 2 aromatic carbocycles. The molecule has 4 aliphatic heterocycles. The van der Waals surface area contributed by atoms with E-state index in [1.54, 1.807) is 18.0 Å². The molecule has 3 fully saturated rings. The Hall–Kier alpha value is -4.71. The van der Waals surface area contributed by atoms with E-state index in [1.807, 2.05) is 12.1 Å². The lowest BCUT2D eigenvalue weighted by Gasteiger charge is -2.32. The Morgan fingerprint density at radius 3 is 2.61 bits per heavy atom. The molecule has 0 bridgehead atoms. The third-order valence-corrected chi connectivity index (χ3v) is 9.42. The molecule has 2 N–H and O–H groups in total. The van der Waals surface area contributed by atoms with Crippen LogP contribution in [0.2, 0.25) is 0 Å². The van der Waals surface area contributed by atoms with E-state index in [1.165, 1.54) is 5.56 Å². The van der Waals surface area contributed by atoms with Crippen LogP contribution in [-0.2, 0) is 27.4 Å². The molecule has 0 saturated carbocycles. The number of hydrogen-bond donors (Lipinski definition) is 2. The van der Waals surface area contributed by atoms with Crippen LogP contribution in [0.15, 0.2) is 48.5 Å². The molecular formula is C34H38N6O6. The fourth-order valence-corrected chi connectivity index (χ4v) is 6.96. The monoisotopic (exact) mass is 626 g/mol. The molecule has 0 radical (unpaired) electrons. The minimum Gasteiger partial charge on any atom is -0.489 e. The number of likely N-dealkylation sites (tertiary alicyclic amines) is 1. The van der Waals surface area contributed by atoms with Crippen molar-refractivity contribution >= 4 is 40.5 Å². The van der Waals surface area contributed by atoms with Crippen LogP contribution in [0.4, 0.5) is 10.6 Å². The van der Waals surface area contributed by atoms with Crippen LogP contribution in [0, 0.1) is 0 Å². The van der Waals surface area contributed by atoms with Crippen molar-refractivity contribution in [1.82, 2.24) is 25.4 Å². The highest BCUT2D eigenvalue weighted by atomic mass is 16.6. The fourth-order valence-electron chi connectivity index (χ4n) is 6.96. The van der Waals surface area contributed by atoms with Crippen LogP contribution in [-0.4, -0.2) is 90.1 Å². The minimum absolute atomic E-state index is 0.0389. The van der Waals surface area contributed by atoms with E-state index >= 15 is 0 Å². The highest BCUT2D eigenvalue weighted by molar-refractivity contribution is 6.05. The Morgan fingerprint density at radius 2 is 1.80 bits per heavy atom. The van der Waals surface area contributed by atoms with Crippen LogP contribution in [0.5, 0.6) is 5.75 Å². The number of amides is 4. The SMILES string of the molecule is CNC(=O)OC1CCN(c2ccc3cc(CN4CC[C@H](Oc5ccc6c(c5)CN(C5CCC(=O)NC5=O)C6=O)C4)ccc3n2)CC1. The van der Waals surface area contributed by atoms with Crippen molar-refractivity contribution in [2.45, 2.75) is 63.4 Å². The van der Waals surface area contributed by atoms with Gasteiger partial charge < -0.3 is 24.6 Å². The van der Waals surface area contributed by atoms with Gasteiger partial charge in [-0.2, -0.15) is 0 Å². The second-order valence-corrected chi connectivity index (χ2v) is 12.5. The first kappa shape index (κ1) is 30.0. The summed E-state index contributed by atoms with van der Waals surface area (Å²) in [6.07, 6.45) is 2.64. The van der Waals surface area contributed by atoms with Gasteiger partial charge in [-0.25, -0.2) is 9.78 Å². The van der Waals surface area contributed by atoms with Gasteiger partial charge in [0.2, 0.25) is 11.8 Å². The number of alkyl carbamates (subject to hydrolysis) is 1. The number of hydrogen-bond acceptors (Lipinski definition) is 9. The number of ether oxygens (including phenoxy) is 2. The Balaban J connectivity index is 0.923. The molecule has 46 heavy (non-hydrogen) atoms. The maximum Gasteiger partial charge on any atom is 0.407 e. The number of carbonyl (C=O) groups excluding carboxylic acids is 4. The lowest BCUT2D eigenvalue weighted by molar-refractivity contribution is -0.136. The molecule has 7 rings (SSSR count). The molecule has 240 valence electrons. The van der Waals surface area contributed by atoms with Gasteiger partial charge in [-0.05, 0) is 66.4 Å². The van der Waals surface area contributed by atoms with Crippen LogP contribution in [0.3, 0.4) is 0 Å². The summed E-state index contributed by atoms with van der Waals surface area (Å²) >= 11 is 0. The van der Waals surface area contributed by atoms with Gasteiger partial charge in [0.25, 0.3) is 5.91 Å². The molecule has 4 aliphatic rings. The molecule has 0 spiro atoms. The second kappa shape index (κ2) is 12.6. The van der Waals surface area contributed by atoms with E-state index in [9.17, 15) is 19.2 Å². The van der Waals surface area contributed by atoms with Crippen molar-refractivity contribution in [1.29, 1.82) is 0 Å². The molecule has 0 aliphatic carbocycles. The first-order valence-corrected chi connectivity index (χ1v) is 16.0. The zero-order chi connectivity index (χ0) is 31.8. The predicted octanol–water partition coefficient (Wildman–Crippen LogP) is 2.97. The number of nitrogens with zero attached hydrogens (tertiary/aromatic N) is 4. The lowest BCUT2D eigenvalue weighted by atomic mass is 10.0. The van der Waals surface area contributed by atoms with E-state index in [-0.39, 0.29) is 36.5 Å². The first-order chi connectivity index (χ1) is 22.3. The van der Waals surface area contributed by atoms with Gasteiger partial charge in [-0.3, -0.25) is 24.6 Å². The summed E-state index contributed by atoms with van der Waals surface area (Å²) in [7, 11) is 1.57. The molecular weight excluding hydrogens is 588 g/mol. The normalized spacial score (nSPS) is 22.2. The van der Waals surface area contributed by atoms with Crippen molar-refractivity contribution in [3.63, 3.8) is 0 Å².